The van der Waals surface area contributed by atoms with E-state index in [1.807, 2.05) is 0 Å². The maximum Gasteiger partial charge on any atom is 0.329 e. The van der Waals surface area contributed by atoms with Gasteiger partial charge in [-0.3, -0.25) is 14.6 Å². The molecule has 1 aromatic rings. The first-order valence-corrected chi connectivity index (χ1v) is 7.76. The Morgan fingerprint density at radius 2 is 1.96 bits per heavy atom. The summed E-state index contributed by atoms with van der Waals surface area (Å²) in [6, 6.07) is 3.93. The molecule has 6 nitrogen and oxygen atoms in total. The molecular weight excluding hydrogens is 317 g/mol. The molecule has 128 valence electrons. The van der Waals surface area contributed by atoms with Crippen LogP contribution in [0.15, 0.2) is 23.2 Å². The summed E-state index contributed by atoms with van der Waals surface area (Å²) < 4.78 is 29.1. The van der Waals surface area contributed by atoms with Crippen LogP contribution in [0.4, 0.5) is 10.1 Å². The number of ether oxygens (including phenoxy) is 3. The smallest absolute Gasteiger partial charge is 0.329 e. The maximum atomic E-state index is 13.5. The Labute approximate surface area is 138 Å². The fraction of sp³-hybridized carbons (Fsp3) is 0.471. The highest BCUT2D eigenvalue weighted by Gasteiger charge is 2.42. The number of aliphatic imine (C=N–C) groups is 1. The van der Waals surface area contributed by atoms with Crippen LogP contribution < -0.4 is 4.74 Å². The molecule has 1 saturated carbocycles. The van der Waals surface area contributed by atoms with Crippen molar-refractivity contribution in [3.8, 4) is 5.75 Å². The van der Waals surface area contributed by atoms with Crippen LogP contribution in [-0.4, -0.2) is 30.5 Å². The summed E-state index contributed by atoms with van der Waals surface area (Å²) in [6.45, 7) is 3.47. The molecule has 0 amide bonds. The van der Waals surface area contributed by atoms with E-state index >= 15 is 0 Å². The highest BCUT2D eigenvalue weighted by molar-refractivity contribution is 6.10. The summed E-state index contributed by atoms with van der Waals surface area (Å²) in [4.78, 5) is 27.8. The number of esters is 2. The van der Waals surface area contributed by atoms with Crippen LogP contribution in [0.3, 0.4) is 0 Å². The lowest BCUT2D eigenvalue weighted by Gasteiger charge is -2.31. The number of halogens is 1. The van der Waals surface area contributed by atoms with Gasteiger partial charge >= 0.3 is 11.9 Å². The molecule has 0 atom stereocenters. The van der Waals surface area contributed by atoms with Crippen molar-refractivity contribution in [3.05, 3.63) is 24.0 Å². The molecule has 3 rings (SSSR count). The van der Waals surface area contributed by atoms with Gasteiger partial charge in [-0.1, -0.05) is 0 Å². The number of cyclic esters (lactones) is 2. The molecule has 1 saturated heterocycles. The van der Waals surface area contributed by atoms with Crippen LogP contribution in [0, 0.1) is 17.7 Å². The summed E-state index contributed by atoms with van der Waals surface area (Å²) in [5, 5.41) is 0. The van der Waals surface area contributed by atoms with Crippen molar-refractivity contribution < 1.29 is 28.2 Å². The normalized spacial score (nSPS) is 20.8. The van der Waals surface area contributed by atoms with Crippen LogP contribution in [0.5, 0.6) is 5.75 Å². The van der Waals surface area contributed by atoms with Crippen LogP contribution in [0.25, 0.3) is 0 Å². The van der Waals surface area contributed by atoms with Gasteiger partial charge in [0.25, 0.3) is 5.79 Å². The molecule has 1 aromatic carbocycles. The van der Waals surface area contributed by atoms with E-state index in [-0.39, 0.29) is 5.69 Å². The summed E-state index contributed by atoms with van der Waals surface area (Å²) >= 11 is 0. The third-order valence-corrected chi connectivity index (χ3v) is 3.66. The minimum atomic E-state index is -1.30. The SMILES string of the molecule is CC1(C)OC(=O)C(C=Nc2cc(F)ccc2OCC2CC2)C(=O)O1. The topological polar surface area (TPSA) is 74.2 Å². The van der Waals surface area contributed by atoms with E-state index in [9.17, 15) is 14.0 Å². The fourth-order valence-electron chi connectivity index (χ4n) is 2.21. The second kappa shape index (κ2) is 6.22. The van der Waals surface area contributed by atoms with E-state index in [1.54, 1.807) is 0 Å². The molecule has 1 heterocycles. The van der Waals surface area contributed by atoms with E-state index in [2.05, 4.69) is 4.99 Å². The van der Waals surface area contributed by atoms with Gasteiger partial charge in [-0.25, -0.2) is 4.39 Å². The molecule has 0 radical (unpaired) electrons. The van der Waals surface area contributed by atoms with Crippen molar-refractivity contribution in [1.29, 1.82) is 0 Å². The molecule has 0 bridgehead atoms. The van der Waals surface area contributed by atoms with E-state index in [0.717, 1.165) is 19.1 Å². The third kappa shape index (κ3) is 3.90. The summed E-state index contributed by atoms with van der Waals surface area (Å²) in [5.41, 5.74) is 0.209. The third-order valence-electron chi connectivity index (χ3n) is 3.66. The van der Waals surface area contributed by atoms with Gasteiger partial charge in [0.15, 0.2) is 5.92 Å². The second-order valence-corrected chi connectivity index (χ2v) is 6.36. The Balaban J connectivity index is 1.76. The van der Waals surface area contributed by atoms with Gasteiger partial charge in [0, 0.05) is 26.1 Å². The molecule has 7 heteroatoms. The monoisotopic (exact) mass is 335 g/mol. The van der Waals surface area contributed by atoms with Gasteiger partial charge in [0.05, 0.1) is 6.61 Å². The standard InChI is InChI=1S/C17H18FNO5/c1-17(2)23-15(20)12(16(21)24-17)8-19-13-7-11(18)5-6-14(13)22-9-10-3-4-10/h5-8,10,12H,3-4,9H2,1-2H3. The number of carbonyl (C=O) groups is 2. The molecule has 1 aliphatic heterocycles. The highest BCUT2D eigenvalue weighted by atomic mass is 19.1. The van der Waals surface area contributed by atoms with Gasteiger partial charge in [0.2, 0.25) is 0 Å². The van der Waals surface area contributed by atoms with E-state index in [4.69, 9.17) is 14.2 Å². The molecule has 0 N–H and O–H groups in total. The highest BCUT2D eigenvalue weighted by Crippen LogP contribution is 2.33. The van der Waals surface area contributed by atoms with E-state index < -0.39 is 29.5 Å². The molecular formula is C17H18FNO5. The van der Waals surface area contributed by atoms with Crippen molar-refractivity contribution in [3.63, 3.8) is 0 Å². The lowest BCUT2D eigenvalue weighted by atomic mass is 10.1. The Morgan fingerprint density at radius 1 is 1.29 bits per heavy atom. The van der Waals surface area contributed by atoms with E-state index in [0.29, 0.717) is 18.3 Å². The fourth-order valence-corrected chi connectivity index (χ4v) is 2.21. The van der Waals surface area contributed by atoms with E-state index in [1.165, 1.54) is 32.0 Å². The predicted molar refractivity (Wildman–Crippen MR) is 82.5 cm³/mol. The molecule has 0 spiro atoms. The number of benzene rings is 1. The molecule has 24 heavy (non-hydrogen) atoms. The first-order valence-electron chi connectivity index (χ1n) is 7.76. The quantitative estimate of drug-likeness (QED) is 0.470. The van der Waals surface area contributed by atoms with Gasteiger partial charge in [-0.15, -0.1) is 0 Å². The summed E-state index contributed by atoms with van der Waals surface area (Å²) in [6.07, 6.45) is 3.34. The maximum absolute atomic E-state index is 13.5. The van der Waals surface area contributed by atoms with Crippen molar-refractivity contribution in [2.45, 2.75) is 32.5 Å². The van der Waals surface area contributed by atoms with Crippen LogP contribution in [-0.2, 0) is 19.1 Å². The molecule has 2 aliphatic rings. The molecule has 0 unspecified atom stereocenters. The molecule has 1 aliphatic carbocycles. The minimum absolute atomic E-state index is 0.209. The zero-order valence-electron chi connectivity index (χ0n) is 13.5. The van der Waals surface area contributed by atoms with Crippen molar-refractivity contribution in [2.24, 2.45) is 16.8 Å². The summed E-state index contributed by atoms with van der Waals surface area (Å²) in [5.74, 6) is -3.65. The zero-order valence-corrected chi connectivity index (χ0v) is 13.5. The number of rotatable bonds is 5. The predicted octanol–water partition coefficient (Wildman–Crippen LogP) is 2.77. The van der Waals surface area contributed by atoms with Gasteiger partial charge < -0.3 is 14.2 Å². The zero-order chi connectivity index (χ0) is 17.3. The average Bonchev–Trinajstić information content (AvgIpc) is 3.28. The number of hydrogen-bond donors (Lipinski definition) is 0. The van der Waals surface area contributed by atoms with Crippen molar-refractivity contribution in [1.82, 2.24) is 0 Å². The Morgan fingerprint density at radius 3 is 2.58 bits per heavy atom. The summed E-state index contributed by atoms with van der Waals surface area (Å²) in [7, 11) is 0. The van der Waals surface area contributed by atoms with Crippen molar-refractivity contribution >= 4 is 23.8 Å². The first kappa shape index (κ1) is 16.4. The van der Waals surface area contributed by atoms with Crippen LogP contribution in [0.2, 0.25) is 0 Å². The Bertz CT molecular complexity index is 676. The Kier molecular flexibility index (Phi) is 4.26. The average molecular weight is 335 g/mol. The molecule has 0 aromatic heterocycles. The Hall–Kier alpha value is -2.44. The van der Waals surface area contributed by atoms with Gasteiger partial charge in [-0.2, -0.15) is 0 Å². The van der Waals surface area contributed by atoms with Crippen LogP contribution in [0.1, 0.15) is 26.7 Å². The lowest BCUT2D eigenvalue weighted by Crippen LogP contribution is -2.46. The number of hydrogen-bond acceptors (Lipinski definition) is 6. The van der Waals surface area contributed by atoms with Gasteiger partial charge in [-0.05, 0) is 30.9 Å². The largest absolute Gasteiger partial charge is 0.491 e. The van der Waals surface area contributed by atoms with Crippen LogP contribution >= 0.6 is 0 Å². The number of nitrogens with zero attached hydrogens (tertiary/aromatic N) is 1. The molecule has 2 fully saturated rings. The number of carbonyl (C=O) groups excluding carboxylic acids is 2. The first-order chi connectivity index (χ1) is 11.3. The second-order valence-electron chi connectivity index (χ2n) is 6.36. The van der Waals surface area contributed by atoms with Crippen molar-refractivity contribution in [2.75, 3.05) is 6.61 Å². The lowest BCUT2D eigenvalue weighted by molar-refractivity contribution is -0.235. The minimum Gasteiger partial charge on any atom is -0.491 e. The van der Waals surface area contributed by atoms with Gasteiger partial charge in [0.1, 0.15) is 17.3 Å².